The van der Waals surface area contributed by atoms with Crippen LogP contribution in [0.1, 0.15) is 22.4 Å². The van der Waals surface area contributed by atoms with E-state index in [0.717, 1.165) is 20.7 Å². The van der Waals surface area contributed by atoms with Crippen LogP contribution in [0.4, 0.5) is 0 Å². The van der Waals surface area contributed by atoms with Crippen LogP contribution in [-0.2, 0) is 20.0 Å². The largest absolute Gasteiger partial charge is 0.269 e. The molecule has 236 valence electrons. The minimum atomic E-state index is -3.71. The normalized spacial score (nSPS) is 12.0. The van der Waals surface area contributed by atoms with E-state index in [1.165, 1.54) is 22.6 Å². The van der Waals surface area contributed by atoms with Crippen molar-refractivity contribution in [2.75, 3.05) is 0 Å². The molecule has 0 radical (unpaired) electrons. The summed E-state index contributed by atoms with van der Waals surface area (Å²) in [5.41, 5.74) is 5.40. The van der Waals surface area contributed by atoms with Crippen LogP contribution < -0.4 is 0 Å². The zero-order valence-electron chi connectivity index (χ0n) is 25.1. The maximum atomic E-state index is 12.9. The van der Waals surface area contributed by atoms with Crippen LogP contribution in [0.5, 0.6) is 0 Å². The van der Waals surface area contributed by atoms with Gasteiger partial charge < -0.3 is 0 Å². The van der Waals surface area contributed by atoms with E-state index in [-0.39, 0.29) is 9.79 Å². The van der Waals surface area contributed by atoms with Crippen LogP contribution in [0.15, 0.2) is 130 Å². The average Bonchev–Trinajstić information content (AvgIpc) is 3.70. The van der Waals surface area contributed by atoms with Crippen molar-refractivity contribution in [3.05, 3.63) is 143 Å². The molecule has 7 rings (SSSR count). The molecule has 0 saturated carbocycles. The summed E-state index contributed by atoms with van der Waals surface area (Å²) in [6.07, 6.45) is 9.80. The van der Waals surface area contributed by atoms with Gasteiger partial charge >= 0.3 is 0 Å². The topological polar surface area (TPSA) is 130 Å². The van der Waals surface area contributed by atoms with Gasteiger partial charge in [-0.2, -0.15) is 0 Å². The van der Waals surface area contributed by atoms with Crippen LogP contribution in [-0.4, -0.2) is 44.7 Å². The van der Waals surface area contributed by atoms with Gasteiger partial charge in [0, 0.05) is 12.4 Å². The Morgan fingerprint density at radius 2 is 1.09 bits per heavy atom. The Morgan fingerprint density at radius 1 is 0.596 bits per heavy atom. The highest BCUT2D eigenvalue weighted by molar-refractivity contribution is 9.10. The molecular weight excluding hydrogens is 700 g/mol. The van der Waals surface area contributed by atoms with Crippen LogP contribution in [0.3, 0.4) is 0 Å². The lowest BCUT2D eigenvalue weighted by atomic mass is 10.2. The van der Waals surface area contributed by atoms with Gasteiger partial charge in [-0.1, -0.05) is 71.8 Å². The molecule has 0 N–H and O–H groups in total. The van der Waals surface area contributed by atoms with Crippen molar-refractivity contribution in [3.8, 4) is 0 Å². The summed E-state index contributed by atoms with van der Waals surface area (Å²) in [7, 11) is -7.36. The summed E-state index contributed by atoms with van der Waals surface area (Å²) in [6, 6.07) is 26.6. The van der Waals surface area contributed by atoms with Gasteiger partial charge in [0.1, 0.15) is 15.6 Å². The second-order valence-electron chi connectivity index (χ2n) is 10.5. The summed E-state index contributed by atoms with van der Waals surface area (Å²) in [6.45, 7) is 3.82. The van der Waals surface area contributed by atoms with E-state index < -0.39 is 20.0 Å². The van der Waals surface area contributed by atoms with Gasteiger partial charge in [-0.25, -0.2) is 44.7 Å². The molecule has 3 aromatic carbocycles. The molecule has 0 unspecified atom stereocenters. The summed E-state index contributed by atoms with van der Waals surface area (Å²) in [5, 5.41) is 0. The third kappa shape index (κ3) is 6.77. The summed E-state index contributed by atoms with van der Waals surface area (Å²) in [4.78, 5) is 17.6. The molecule has 0 fully saturated rings. The highest BCUT2D eigenvalue weighted by Gasteiger charge is 2.21. The van der Waals surface area contributed by atoms with Crippen molar-refractivity contribution in [2.24, 2.45) is 0 Å². The maximum absolute atomic E-state index is 12.9. The molecule has 4 heterocycles. The van der Waals surface area contributed by atoms with Crippen molar-refractivity contribution >= 4 is 70.5 Å². The van der Waals surface area contributed by atoms with Crippen LogP contribution in [0.2, 0.25) is 0 Å². The quantitative estimate of drug-likeness (QED) is 0.181. The molecule has 0 saturated heterocycles. The van der Waals surface area contributed by atoms with Gasteiger partial charge in [0.05, 0.1) is 27.9 Å². The van der Waals surface area contributed by atoms with E-state index in [4.69, 9.17) is 0 Å². The molecule has 0 aliphatic carbocycles. The smallest absolute Gasteiger partial charge is 0.243 e. The predicted octanol–water partition coefficient (Wildman–Crippen LogP) is 6.89. The molecule has 7 aromatic rings. The number of rotatable bonds is 6. The van der Waals surface area contributed by atoms with Gasteiger partial charge in [0.25, 0.3) is 20.0 Å². The fourth-order valence-electron chi connectivity index (χ4n) is 4.63. The van der Waals surface area contributed by atoms with E-state index in [9.17, 15) is 16.8 Å². The lowest BCUT2D eigenvalue weighted by Crippen LogP contribution is -2.12. The molecule has 0 aliphatic rings. The molecule has 0 bridgehead atoms. The lowest BCUT2D eigenvalue weighted by molar-refractivity contribution is 0.587. The monoisotopic (exact) mass is 726 g/mol. The standard InChI is InChI=1S/C21H17N3O2S.C13H10BrN3O2S/c1-16-7-11-19(12-8-16)27(25,26)24-14-13-20-21(24)22-15-18(23-20)10-9-17-5-3-2-4-6-17;1-9-2-4-10(5-3-9)20(18,19)17-7-6-11-13(17)15-8-12(14)16-11/h2-15H,1H3;2-8H,1H3/b10-9+;. The third-order valence-corrected chi connectivity index (χ3v) is 10.8. The van der Waals surface area contributed by atoms with Crippen LogP contribution in [0, 0.1) is 13.8 Å². The van der Waals surface area contributed by atoms with Crippen molar-refractivity contribution in [3.63, 3.8) is 0 Å². The first kappa shape index (κ1) is 32.0. The van der Waals surface area contributed by atoms with Crippen LogP contribution in [0.25, 0.3) is 34.5 Å². The molecule has 0 spiro atoms. The van der Waals surface area contributed by atoms with Crippen molar-refractivity contribution in [1.29, 1.82) is 0 Å². The molecule has 0 amide bonds. The molecule has 10 nitrogen and oxygen atoms in total. The fourth-order valence-corrected chi connectivity index (χ4v) is 7.52. The average molecular weight is 728 g/mol. The van der Waals surface area contributed by atoms with E-state index in [0.29, 0.717) is 32.6 Å². The first-order valence-electron chi connectivity index (χ1n) is 14.2. The highest BCUT2D eigenvalue weighted by atomic mass is 79.9. The molecule has 13 heteroatoms. The number of hydrogen-bond acceptors (Lipinski definition) is 8. The number of fused-ring (bicyclic) bond motifs is 2. The Bertz CT molecular complexity index is 2460. The molecule has 0 aliphatic heterocycles. The highest BCUT2D eigenvalue weighted by Crippen LogP contribution is 2.22. The zero-order valence-corrected chi connectivity index (χ0v) is 28.4. The van der Waals surface area contributed by atoms with Crippen LogP contribution >= 0.6 is 15.9 Å². The number of benzene rings is 3. The Labute approximate surface area is 280 Å². The van der Waals surface area contributed by atoms with Crippen molar-refractivity contribution < 1.29 is 16.8 Å². The summed E-state index contributed by atoms with van der Waals surface area (Å²) in [5.74, 6) is 0. The number of hydrogen-bond donors (Lipinski definition) is 0. The van der Waals surface area contributed by atoms with Gasteiger partial charge in [0.15, 0.2) is 11.3 Å². The predicted molar refractivity (Wildman–Crippen MR) is 186 cm³/mol. The van der Waals surface area contributed by atoms with Crippen molar-refractivity contribution in [1.82, 2.24) is 27.9 Å². The first-order chi connectivity index (χ1) is 22.5. The minimum Gasteiger partial charge on any atom is -0.243 e. The minimum absolute atomic E-state index is 0.223. The SMILES string of the molecule is Cc1ccc(S(=O)(=O)n2ccc3nc(/C=C/c4ccccc4)cnc32)cc1.Cc1ccc(S(=O)(=O)n2ccc3nc(Br)cnc32)cc1. The number of aromatic nitrogens is 6. The van der Waals surface area contributed by atoms with Gasteiger partial charge in [0.2, 0.25) is 0 Å². The summed E-state index contributed by atoms with van der Waals surface area (Å²) < 4.78 is 53.9. The summed E-state index contributed by atoms with van der Waals surface area (Å²) >= 11 is 3.21. The molecular formula is C34H27BrN6O4S2. The van der Waals surface area contributed by atoms with E-state index in [2.05, 4.69) is 35.9 Å². The number of halogens is 1. The Kier molecular flexibility index (Phi) is 8.86. The molecule has 0 atom stereocenters. The molecule has 4 aromatic heterocycles. The van der Waals surface area contributed by atoms with Gasteiger partial charge in [-0.15, -0.1) is 0 Å². The fraction of sp³-hybridized carbons (Fsp3) is 0.0588. The van der Waals surface area contributed by atoms with E-state index >= 15 is 0 Å². The lowest BCUT2D eigenvalue weighted by Gasteiger charge is -2.07. The second kappa shape index (κ2) is 13.0. The van der Waals surface area contributed by atoms with Crippen molar-refractivity contribution in [2.45, 2.75) is 23.6 Å². The van der Waals surface area contributed by atoms with E-state index in [1.807, 2.05) is 56.3 Å². The zero-order chi connectivity index (χ0) is 33.2. The Hall–Kier alpha value is -4.98. The Balaban J connectivity index is 0.000000172. The second-order valence-corrected chi connectivity index (χ2v) is 15.0. The van der Waals surface area contributed by atoms with Gasteiger partial charge in [-0.3, -0.25) is 0 Å². The first-order valence-corrected chi connectivity index (χ1v) is 17.9. The maximum Gasteiger partial charge on any atom is 0.269 e. The van der Waals surface area contributed by atoms with Gasteiger partial charge in [-0.05, 0) is 77.8 Å². The molecule has 47 heavy (non-hydrogen) atoms. The Morgan fingerprint density at radius 3 is 1.62 bits per heavy atom. The third-order valence-electron chi connectivity index (χ3n) is 7.10. The number of aryl methyl sites for hydroxylation is 2. The number of nitrogens with zero attached hydrogens (tertiary/aromatic N) is 6. The van der Waals surface area contributed by atoms with E-state index in [1.54, 1.807) is 66.9 Å².